The van der Waals surface area contributed by atoms with Crippen molar-refractivity contribution in [2.24, 2.45) is 0 Å². The van der Waals surface area contributed by atoms with Crippen molar-refractivity contribution in [2.45, 2.75) is 0 Å². The van der Waals surface area contributed by atoms with Crippen molar-refractivity contribution in [1.29, 1.82) is 0 Å². The zero-order valence-corrected chi connectivity index (χ0v) is 8.20. The van der Waals surface area contributed by atoms with Crippen molar-refractivity contribution in [2.75, 3.05) is 6.35 Å². The third-order valence-electron chi connectivity index (χ3n) is 1.35. The Labute approximate surface area is 81.4 Å². The Balaban J connectivity index is 0.00000121. The maximum absolute atomic E-state index is 11.1. The van der Waals surface area contributed by atoms with Gasteiger partial charge in [0.15, 0.2) is 0 Å². The van der Waals surface area contributed by atoms with Gasteiger partial charge >= 0.3 is 0 Å². The predicted molar refractivity (Wildman–Crippen MR) is 43.0 cm³/mol. The molecule has 12 heavy (non-hydrogen) atoms. The molecule has 2 N–H and O–H groups in total. The molecule has 0 saturated carbocycles. The van der Waals surface area contributed by atoms with Gasteiger partial charge < -0.3 is 10.00 Å². The number of hydrogen-bond donors (Lipinski definition) is 2. The zero-order valence-electron chi connectivity index (χ0n) is 6.20. The predicted octanol–water partition coefficient (Wildman–Crippen LogP) is 0.530. The van der Waals surface area contributed by atoms with Crippen molar-refractivity contribution in [3.8, 4) is 0 Å². The number of rotatable bonds is 2. The second-order valence-electron chi connectivity index (χ2n) is 2.18. The van der Waals surface area contributed by atoms with Crippen LogP contribution in [0.5, 0.6) is 0 Å². The molecule has 1 aromatic rings. The molecule has 0 spiro atoms. The van der Waals surface area contributed by atoms with E-state index in [1.807, 2.05) is 0 Å². The Morgan fingerprint density at radius 2 is 1.75 bits per heavy atom. The molecule has 0 aliphatic rings. The molecule has 1 atom stereocenters. The quantitative estimate of drug-likeness (QED) is 0.573. The Morgan fingerprint density at radius 3 is 2.17 bits per heavy atom. The zero-order chi connectivity index (χ0) is 8.32. The molecule has 3 nitrogen and oxygen atoms in total. The topological polar surface area (TPSA) is 57.5 Å². The van der Waals surface area contributed by atoms with Crippen molar-refractivity contribution >= 4 is 12.7 Å². The van der Waals surface area contributed by atoms with E-state index < -0.39 is 13.7 Å². The molecule has 0 aliphatic carbocycles. The molecular formula is C7H9FeO3P. The first-order valence-electron chi connectivity index (χ1n) is 3.15. The Hall–Kier alpha value is -0.111. The molecule has 1 rings (SSSR count). The first kappa shape index (κ1) is 11.9. The van der Waals surface area contributed by atoms with Crippen molar-refractivity contribution in [3.05, 3.63) is 30.3 Å². The van der Waals surface area contributed by atoms with Gasteiger partial charge in [0.05, 0.1) is 0 Å². The van der Waals surface area contributed by atoms with Gasteiger partial charge in [0.25, 0.3) is 7.37 Å². The van der Waals surface area contributed by atoms with Gasteiger partial charge in [0.1, 0.15) is 6.35 Å². The Bertz CT molecular complexity index is 275. The molecule has 0 aliphatic heterocycles. The van der Waals surface area contributed by atoms with Crippen LogP contribution in [0.25, 0.3) is 0 Å². The van der Waals surface area contributed by atoms with Crippen LogP contribution in [0.1, 0.15) is 0 Å². The third-order valence-corrected chi connectivity index (χ3v) is 2.84. The molecule has 0 radical (unpaired) electrons. The second-order valence-corrected chi connectivity index (χ2v) is 4.38. The minimum absolute atomic E-state index is 0. The number of aliphatic hydroxyl groups excluding tert-OH is 1. The summed E-state index contributed by atoms with van der Waals surface area (Å²) in [5, 5.41) is 8.83. The van der Waals surface area contributed by atoms with Gasteiger partial charge in [-0.2, -0.15) is 0 Å². The van der Waals surface area contributed by atoms with Crippen molar-refractivity contribution < 1.29 is 31.6 Å². The molecule has 0 bridgehead atoms. The molecule has 0 heterocycles. The summed E-state index contributed by atoms with van der Waals surface area (Å²) in [6.45, 7) is 0. The average Bonchev–Trinajstić information content (AvgIpc) is 2.06. The maximum atomic E-state index is 11.1. The maximum Gasteiger partial charge on any atom is 0.254 e. The van der Waals surface area contributed by atoms with Crippen LogP contribution in [0.15, 0.2) is 30.3 Å². The summed E-state index contributed by atoms with van der Waals surface area (Å²) in [5.41, 5.74) is 0. The molecule has 68 valence electrons. The first-order valence-corrected chi connectivity index (χ1v) is 4.99. The van der Waals surface area contributed by atoms with Crippen LogP contribution in [0.3, 0.4) is 0 Å². The molecule has 0 amide bonds. The Morgan fingerprint density at radius 1 is 1.25 bits per heavy atom. The van der Waals surface area contributed by atoms with E-state index in [9.17, 15) is 4.57 Å². The monoisotopic (exact) mass is 228 g/mol. The fourth-order valence-corrected chi connectivity index (χ4v) is 1.54. The number of aliphatic hydroxyl groups is 1. The molecule has 1 unspecified atom stereocenters. The van der Waals surface area contributed by atoms with Gasteiger partial charge in [-0.05, 0) is 12.1 Å². The van der Waals surface area contributed by atoms with E-state index in [0.29, 0.717) is 5.30 Å². The van der Waals surface area contributed by atoms with E-state index in [-0.39, 0.29) is 17.1 Å². The third kappa shape index (κ3) is 2.74. The molecular weight excluding hydrogens is 219 g/mol. The van der Waals surface area contributed by atoms with Crippen LogP contribution in [0.2, 0.25) is 0 Å². The first-order chi connectivity index (χ1) is 5.17. The van der Waals surface area contributed by atoms with Gasteiger partial charge in [0.2, 0.25) is 0 Å². The van der Waals surface area contributed by atoms with Crippen LogP contribution >= 0.6 is 7.37 Å². The van der Waals surface area contributed by atoms with Crippen LogP contribution in [-0.2, 0) is 21.6 Å². The van der Waals surface area contributed by atoms with Gasteiger partial charge in [0, 0.05) is 22.4 Å². The SMILES string of the molecule is O=P(O)(CO)c1ccccc1.[Fe]. The minimum Gasteiger partial charge on any atom is -0.386 e. The smallest absolute Gasteiger partial charge is 0.254 e. The van der Waals surface area contributed by atoms with Gasteiger partial charge in [-0.25, -0.2) is 0 Å². The van der Waals surface area contributed by atoms with E-state index in [4.69, 9.17) is 10.00 Å². The molecule has 0 aromatic heterocycles. The van der Waals surface area contributed by atoms with Gasteiger partial charge in [-0.1, -0.05) is 18.2 Å². The Kier molecular flexibility index (Phi) is 4.76. The van der Waals surface area contributed by atoms with Gasteiger partial charge in [-0.3, -0.25) is 4.57 Å². The van der Waals surface area contributed by atoms with Crippen LogP contribution < -0.4 is 5.30 Å². The number of hydrogen-bond acceptors (Lipinski definition) is 2. The fourth-order valence-electron chi connectivity index (χ4n) is 0.743. The minimum atomic E-state index is -3.47. The van der Waals surface area contributed by atoms with Gasteiger partial charge in [-0.15, -0.1) is 0 Å². The van der Waals surface area contributed by atoms with E-state index >= 15 is 0 Å². The van der Waals surface area contributed by atoms with E-state index in [2.05, 4.69) is 0 Å². The van der Waals surface area contributed by atoms with E-state index in [0.717, 1.165) is 0 Å². The summed E-state index contributed by atoms with van der Waals surface area (Å²) in [5.74, 6) is 0. The largest absolute Gasteiger partial charge is 0.386 e. The van der Waals surface area contributed by atoms with Crippen molar-refractivity contribution in [1.82, 2.24) is 0 Å². The van der Waals surface area contributed by atoms with E-state index in [1.165, 1.54) is 12.1 Å². The molecule has 1 aromatic carbocycles. The summed E-state index contributed by atoms with van der Waals surface area (Å²) in [6.07, 6.45) is -0.697. The summed E-state index contributed by atoms with van der Waals surface area (Å²) in [6, 6.07) is 8.12. The van der Waals surface area contributed by atoms with Crippen LogP contribution in [0, 0.1) is 0 Å². The molecule has 0 fully saturated rings. The van der Waals surface area contributed by atoms with Crippen LogP contribution in [-0.4, -0.2) is 16.3 Å². The standard InChI is InChI=1S/C7H9O3P.Fe/c8-6-11(9,10)7-4-2-1-3-5-7;/h1-5,8H,6H2,(H,9,10);. The average molecular weight is 228 g/mol. The van der Waals surface area contributed by atoms with Crippen LogP contribution in [0.4, 0.5) is 0 Å². The van der Waals surface area contributed by atoms with E-state index in [1.54, 1.807) is 18.2 Å². The summed E-state index contributed by atoms with van der Waals surface area (Å²) < 4.78 is 11.1. The summed E-state index contributed by atoms with van der Waals surface area (Å²) in [7, 11) is -3.47. The summed E-state index contributed by atoms with van der Waals surface area (Å²) >= 11 is 0. The normalized spacial score (nSPS) is 14.5. The summed E-state index contributed by atoms with van der Waals surface area (Å²) in [4.78, 5) is 9.10. The van der Waals surface area contributed by atoms with Crippen molar-refractivity contribution in [3.63, 3.8) is 0 Å². The number of benzene rings is 1. The fraction of sp³-hybridized carbons (Fsp3) is 0.143. The molecule has 0 saturated heterocycles. The molecule has 5 heteroatoms. The second kappa shape index (κ2) is 4.80.